The van der Waals surface area contributed by atoms with E-state index in [1.165, 1.54) is 0 Å². The fourth-order valence-electron chi connectivity index (χ4n) is 2.92. The maximum Gasteiger partial charge on any atom is 0.412 e. The minimum Gasteiger partial charge on any atom is -0.494 e. The molecule has 7 nitrogen and oxygen atoms in total. The van der Waals surface area contributed by atoms with Gasteiger partial charge in [0.1, 0.15) is 11.9 Å². The number of amides is 1. The van der Waals surface area contributed by atoms with Gasteiger partial charge in [-0.2, -0.15) is 0 Å². The van der Waals surface area contributed by atoms with Crippen molar-refractivity contribution in [2.45, 2.75) is 25.9 Å². The minimum absolute atomic E-state index is 0.303. The molecule has 27 heavy (non-hydrogen) atoms. The third kappa shape index (κ3) is 8.15. The van der Waals surface area contributed by atoms with Crippen LogP contribution in [0.2, 0.25) is 0 Å². The number of nitrogens with zero attached hydrogens (tertiary/aromatic N) is 2. The van der Waals surface area contributed by atoms with Crippen molar-refractivity contribution in [1.29, 1.82) is 0 Å². The molecular weight excluding hydrogens is 346 g/mol. The number of methoxy groups -OCH3 is 1. The number of anilines is 1. The Morgan fingerprint density at radius 3 is 2.74 bits per heavy atom. The summed E-state index contributed by atoms with van der Waals surface area (Å²) in [6.45, 7) is 7.83. The monoisotopic (exact) mass is 379 g/mol. The Morgan fingerprint density at radius 1 is 1.26 bits per heavy atom. The molecule has 1 aromatic rings. The summed E-state index contributed by atoms with van der Waals surface area (Å²) in [6, 6.07) is 7.36. The first kappa shape index (κ1) is 21.5. The van der Waals surface area contributed by atoms with Crippen LogP contribution in [0.15, 0.2) is 24.3 Å². The number of nitrogens with one attached hydrogen (secondary N) is 1. The number of piperazine rings is 1. The highest BCUT2D eigenvalue weighted by molar-refractivity contribution is 5.85. The minimum atomic E-state index is -0.475. The van der Waals surface area contributed by atoms with Crippen LogP contribution in [0.25, 0.3) is 0 Å². The van der Waals surface area contributed by atoms with E-state index in [2.05, 4.69) is 29.1 Å². The first-order valence-electron chi connectivity index (χ1n) is 9.71. The van der Waals surface area contributed by atoms with Crippen molar-refractivity contribution in [1.82, 2.24) is 9.80 Å². The summed E-state index contributed by atoms with van der Waals surface area (Å²) in [5.74, 6) is 0.743. The van der Waals surface area contributed by atoms with Gasteiger partial charge in [0.25, 0.3) is 0 Å². The van der Waals surface area contributed by atoms with Crippen molar-refractivity contribution in [2.75, 3.05) is 65.4 Å². The van der Waals surface area contributed by atoms with E-state index in [1.54, 1.807) is 7.11 Å². The lowest BCUT2D eigenvalue weighted by molar-refractivity contribution is 0.0157. The molecule has 1 saturated heterocycles. The largest absolute Gasteiger partial charge is 0.494 e. The Hall–Kier alpha value is -1.83. The first-order valence-corrected chi connectivity index (χ1v) is 9.71. The number of hydrogen-bond donors (Lipinski definition) is 1. The number of carbonyl (C=O) groups is 1. The molecule has 0 bridgehead atoms. The second-order valence-corrected chi connectivity index (χ2v) is 6.94. The Bertz CT molecular complexity index is 562. The summed E-state index contributed by atoms with van der Waals surface area (Å²) in [7, 11) is 3.74. The Balaban J connectivity index is 1.83. The first-order chi connectivity index (χ1) is 13.1. The molecule has 152 valence electrons. The van der Waals surface area contributed by atoms with E-state index in [-0.39, 0.29) is 6.10 Å². The lowest BCUT2D eigenvalue weighted by atomic mass is 10.2. The summed E-state index contributed by atoms with van der Waals surface area (Å²) in [4.78, 5) is 16.9. The van der Waals surface area contributed by atoms with Crippen LogP contribution in [0.1, 0.15) is 19.8 Å². The molecule has 1 heterocycles. The number of rotatable bonds is 10. The van der Waals surface area contributed by atoms with Crippen LogP contribution in [0.4, 0.5) is 10.5 Å². The van der Waals surface area contributed by atoms with Crippen LogP contribution in [-0.4, -0.2) is 82.1 Å². The van der Waals surface area contributed by atoms with E-state index < -0.39 is 6.09 Å². The summed E-state index contributed by atoms with van der Waals surface area (Å²) in [5.41, 5.74) is 0.657. The molecule has 1 N–H and O–H groups in total. The second-order valence-electron chi connectivity index (χ2n) is 6.94. The normalized spacial score (nSPS) is 16.7. The van der Waals surface area contributed by atoms with Gasteiger partial charge in [-0.15, -0.1) is 0 Å². The Labute approximate surface area is 162 Å². The standard InChI is InChI=1S/C20H33N3O4/c1-4-5-13-26-18-8-6-7-17(14-18)21-20(24)27-19(16-25-3)15-23-11-9-22(2)10-12-23/h6-8,14,19H,4-5,9-13,15-16H2,1-3H3,(H,21,24)/t19-/m1/s1. The molecule has 1 amide bonds. The van der Waals surface area contributed by atoms with Gasteiger partial charge in [-0.05, 0) is 25.6 Å². The van der Waals surface area contributed by atoms with Gasteiger partial charge in [-0.1, -0.05) is 19.4 Å². The lowest BCUT2D eigenvalue weighted by Crippen LogP contribution is -2.48. The van der Waals surface area contributed by atoms with Gasteiger partial charge in [0.15, 0.2) is 0 Å². The van der Waals surface area contributed by atoms with Gasteiger partial charge in [-0.25, -0.2) is 4.79 Å². The topological polar surface area (TPSA) is 63.3 Å². The smallest absolute Gasteiger partial charge is 0.412 e. The molecule has 0 radical (unpaired) electrons. The van der Waals surface area contributed by atoms with E-state index in [1.807, 2.05) is 24.3 Å². The van der Waals surface area contributed by atoms with Crippen LogP contribution < -0.4 is 10.1 Å². The highest BCUT2D eigenvalue weighted by Crippen LogP contribution is 2.18. The molecule has 1 aliphatic rings. The van der Waals surface area contributed by atoms with Crippen molar-refractivity contribution in [3.63, 3.8) is 0 Å². The van der Waals surface area contributed by atoms with Gasteiger partial charge < -0.3 is 19.1 Å². The highest BCUT2D eigenvalue weighted by Gasteiger charge is 2.21. The molecule has 1 atom stereocenters. The van der Waals surface area contributed by atoms with Crippen LogP contribution >= 0.6 is 0 Å². The van der Waals surface area contributed by atoms with Gasteiger partial charge in [0.05, 0.1) is 13.2 Å². The molecule has 7 heteroatoms. The summed E-state index contributed by atoms with van der Waals surface area (Å²) >= 11 is 0. The van der Waals surface area contributed by atoms with Gasteiger partial charge >= 0.3 is 6.09 Å². The molecule has 0 spiro atoms. The van der Waals surface area contributed by atoms with Crippen molar-refractivity contribution in [3.05, 3.63) is 24.3 Å². The van der Waals surface area contributed by atoms with E-state index in [0.29, 0.717) is 25.4 Å². The SMILES string of the molecule is CCCCOc1cccc(NC(=O)O[C@@H](COC)CN2CCN(C)CC2)c1. The van der Waals surface area contributed by atoms with Gasteiger partial charge in [-0.3, -0.25) is 10.2 Å². The quantitative estimate of drug-likeness (QED) is 0.631. The van der Waals surface area contributed by atoms with Crippen LogP contribution in [0.5, 0.6) is 5.75 Å². The summed E-state index contributed by atoms with van der Waals surface area (Å²) in [5, 5.41) is 2.78. The van der Waals surface area contributed by atoms with Crippen molar-refractivity contribution in [3.8, 4) is 5.75 Å². The van der Waals surface area contributed by atoms with Crippen molar-refractivity contribution in [2.24, 2.45) is 0 Å². The van der Waals surface area contributed by atoms with Crippen LogP contribution in [-0.2, 0) is 9.47 Å². The number of ether oxygens (including phenoxy) is 3. The Kier molecular flexibility index (Phi) is 9.38. The maximum atomic E-state index is 12.3. The predicted molar refractivity (Wildman–Crippen MR) is 107 cm³/mol. The summed E-state index contributed by atoms with van der Waals surface area (Å²) in [6.07, 6.45) is 1.31. The average molecular weight is 380 g/mol. The number of carbonyl (C=O) groups excluding carboxylic acids is 1. The average Bonchev–Trinajstić information content (AvgIpc) is 2.64. The molecule has 0 aliphatic carbocycles. The van der Waals surface area contributed by atoms with E-state index in [0.717, 1.165) is 44.8 Å². The molecule has 2 rings (SSSR count). The maximum absolute atomic E-state index is 12.3. The van der Waals surface area contributed by atoms with Crippen molar-refractivity contribution < 1.29 is 19.0 Å². The molecule has 0 aromatic heterocycles. The molecule has 1 aliphatic heterocycles. The fourth-order valence-corrected chi connectivity index (χ4v) is 2.92. The van der Waals surface area contributed by atoms with Crippen molar-refractivity contribution >= 4 is 11.8 Å². The molecule has 1 fully saturated rings. The molecular formula is C20H33N3O4. The van der Waals surface area contributed by atoms with Gasteiger partial charge in [0.2, 0.25) is 0 Å². The zero-order valence-electron chi connectivity index (χ0n) is 16.8. The van der Waals surface area contributed by atoms with E-state index in [9.17, 15) is 4.79 Å². The number of benzene rings is 1. The highest BCUT2D eigenvalue weighted by atomic mass is 16.6. The summed E-state index contributed by atoms with van der Waals surface area (Å²) < 4.78 is 16.5. The third-order valence-electron chi connectivity index (χ3n) is 4.53. The van der Waals surface area contributed by atoms with Gasteiger partial charge in [0, 0.05) is 51.6 Å². The van der Waals surface area contributed by atoms with Crippen LogP contribution in [0, 0.1) is 0 Å². The predicted octanol–water partition coefficient (Wildman–Crippen LogP) is 2.68. The van der Waals surface area contributed by atoms with Crippen LogP contribution in [0.3, 0.4) is 0 Å². The van der Waals surface area contributed by atoms with E-state index in [4.69, 9.17) is 14.2 Å². The second kappa shape index (κ2) is 11.8. The number of hydrogen-bond acceptors (Lipinski definition) is 6. The number of unbranched alkanes of at least 4 members (excludes halogenated alkanes) is 1. The zero-order chi connectivity index (χ0) is 19.5. The zero-order valence-corrected chi connectivity index (χ0v) is 16.8. The molecule has 1 aromatic carbocycles. The number of likely N-dealkylation sites (N-methyl/N-ethyl adjacent to an activating group) is 1. The molecule has 0 saturated carbocycles. The third-order valence-corrected chi connectivity index (χ3v) is 4.53. The Morgan fingerprint density at radius 2 is 2.04 bits per heavy atom. The lowest BCUT2D eigenvalue weighted by Gasteiger charge is -2.34. The fraction of sp³-hybridized carbons (Fsp3) is 0.650. The van der Waals surface area contributed by atoms with E-state index >= 15 is 0 Å². The molecule has 0 unspecified atom stereocenters.